The lowest BCUT2D eigenvalue weighted by atomic mass is 10.8. The van der Waals surface area contributed by atoms with Gasteiger partial charge in [0, 0.05) is 26.5 Å². The van der Waals surface area contributed by atoms with Crippen LogP contribution in [-0.4, -0.2) is 25.0 Å². The van der Waals surface area contributed by atoms with Gasteiger partial charge in [0.1, 0.15) is 0 Å². The number of carbonyl (C=O) groups excluding carboxylic acids is 1. The zero-order valence-electron chi connectivity index (χ0n) is 5.59. The van der Waals surface area contributed by atoms with Crippen LogP contribution in [0.1, 0.15) is 0 Å². The van der Waals surface area contributed by atoms with E-state index >= 15 is 0 Å². The van der Waals surface area contributed by atoms with E-state index in [4.69, 9.17) is 5.73 Å². The largest absolute Gasteiger partial charge is 0.403 e. The average molecular weight is 129 g/mol. The molecule has 0 heterocycles. The Morgan fingerprint density at radius 1 is 1.67 bits per heavy atom. The summed E-state index contributed by atoms with van der Waals surface area (Å²) in [4.78, 5) is 12.0. The summed E-state index contributed by atoms with van der Waals surface area (Å²) in [6.45, 7) is 0. The smallest absolute Gasteiger partial charge is 0.320 e. The molecule has 0 fully saturated rings. The maximum absolute atomic E-state index is 10.6. The van der Waals surface area contributed by atoms with Gasteiger partial charge in [0.25, 0.3) is 0 Å². The van der Waals surface area contributed by atoms with Gasteiger partial charge in [0.2, 0.25) is 0 Å². The third kappa shape index (κ3) is 3.40. The summed E-state index contributed by atoms with van der Waals surface area (Å²) in [5, 5.41) is 2.41. The van der Waals surface area contributed by atoms with Gasteiger partial charge in [0.15, 0.2) is 0 Å². The Kier molecular flexibility index (Phi) is 3.27. The molecule has 4 nitrogen and oxygen atoms in total. The van der Waals surface area contributed by atoms with E-state index in [1.165, 1.54) is 17.3 Å². The number of amides is 2. The molecule has 0 unspecified atom stereocenters. The molecule has 0 aromatic carbocycles. The van der Waals surface area contributed by atoms with Gasteiger partial charge in [-0.15, -0.1) is 0 Å². The van der Waals surface area contributed by atoms with Crippen LogP contribution in [-0.2, 0) is 0 Å². The van der Waals surface area contributed by atoms with Crippen molar-refractivity contribution in [3.05, 3.63) is 12.4 Å². The van der Waals surface area contributed by atoms with Gasteiger partial charge >= 0.3 is 6.03 Å². The molecule has 3 N–H and O–H groups in total. The molecule has 0 radical (unpaired) electrons. The zero-order valence-corrected chi connectivity index (χ0v) is 5.59. The van der Waals surface area contributed by atoms with Crippen LogP contribution in [0.15, 0.2) is 12.4 Å². The Hall–Kier alpha value is -1.19. The molecule has 52 valence electrons. The fourth-order valence-corrected chi connectivity index (χ4v) is 0.249. The molecule has 0 spiro atoms. The van der Waals surface area contributed by atoms with E-state index in [2.05, 4.69) is 5.32 Å². The standard InChI is InChI=1S/C5H11N3O/c1-8(2)5(9)7-4-3-6/h3-4H,6H2,1-2H3,(H,7,9)/b4-3-. The second kappa shape index (κ2) is 3.77. The Labute approximate surface area is 54.3 Å². The number of urea groups is 1. The molecule has 0 aromatic rings. The number of rotatable bonds is 1. The summed E-state index contributed by atoms with van der Waals surface area (Å²) in [7, 11) is 3.30. The molecule has 9 heavy (non-hydrogen) atoms. The minimum Gasteiger partial charge on any atom is -0.403 e. The lowest BCUT2D eigenvalue weighted by Gasteiger charge is -2.07. The van der Waals surface area contributed by atoms with Gasteiger partial charge in [-0.1, -0.05) is 0 Å². The number of nitrogens with two attached hydrogens (primary N) is 1. The first-order chi connectivity index (χ1) is 4.18. The van der Waals surface area contributed by atoms with Gasteiger partial charge in [0.05, 0.1) is 0 Å². The molecular weight excluding hydrogens is 118 g/mol. The Morgan fingerprint density at radius 3 is 2.56 bits per heavy atom. The summed E-state index contributed by atoms with van der Waals surface area (Å²) < 4.78 is 0. The SMILES string of the molecule is CN(C)C(=O)N/C=C\N. The van der Waals surface area contributed by atoms with Crippen molar-refractivity contribution in [1.29, 1.82) is 0 Å². The lowest BCUT2D eigenvalue weighted by Crippen LogP contribution is -2.30. The van der Waals surface area contributed by atoms with Crippen LogP contribution in [0.25, 0.3) is 0 Å². The number of nitrogens with one attached hydrogen (secondary N) is 1. The summed E-state index contributed by atoms with van der Waals surface area (Å²) >= 11 is 0. The molecule has 0 aliphatic heterocycles. The van der Waals surface area contributed by atoms with Gasteiger partial charge in [-0.05, 0) is 0 Å². The number of nitrogens with zero attached hydrogens (tertiary/aromatic N) is 1. The van der Waals surface area contributed by atoms with E-state index in [0.717, 1.165) is 0 Å². The van der Waals surface area contributed by atoms with Gasteiger partial charge in [-0.2, -0.15) is 0 Å². The summed E-state index contributed by atoms with van der Waals surface area (Å²) in [6, 6.07) is -0.184. The first kappa shape index (κ1) is 7.81. The summed E-state index contributed by atoms with van der Waals surface area (Å²) in [5.74, 6) is 0. The van der Waals surface area contributed by atoms with E-state index in [1.54, 1.807) is 14.1 Å². The number of hydrogen-bond donors (Lipinski definition) is 2. The molecule has 0 rings (SSSR count). The quantitative estimate of drug-likeness (QED) is 0.510. The second-order valence-corrected chi connectivity index (χ2v) is 1.70. The highest BCUT2D eigenvalue weighted by Crippen LogP contribution is 1.74. The van der Waals surface area contributed by atoms with E-state index in [9.17, 15) is 4.79 Å². The summed E-state index contributed by atoms with van der Waals surface area (Å²) in [6.07, 6.45) is 2.64. The van der Waals surface area contributed by atoms with Crippen molar-refractivity contribution in [1.82, 2.24) is 10.2 Å². The van der Waals surface area contributed by atoms with E-state index in [-0.39, 0.29) is 6.03 Å². The Balaban J connectivity index is 3.51. The normalized spacial score (nSPS) is 9.56. The predicted octanol–water partition coefficient (Wildman–Crippen LogP) is -0.312. The topological polar surface area (TPSA) is 58.4 Å². The maximum Gasteiger partial charge on any atom is 0.320 e. The van der Waals surface area contributed by atoms with Crippen LogP contribution in [0.3, 0.4) is 0 Å². The Bertz CT molecular complexity index is 119. The first-order valence-corrected chi connectivity index (χ1v) is 2.53. The average Bonchev–Trinajstić information content (AvgIpc) is 1.82. The van der Waals surface area contributed by atoms with E-state index < -0.39 is 0 Å². The molecule has 0 bridgehead atoms. The zero-order chi connectivity index (χ0) is 7.28. The van der Waals surface area contributed by atoms with Crippen LogP contribution in [0.4, 0.5) is 4.79 Å². The van der Waals surface area contributed by atoms with Crippen molar-refractivity contribution in [2.45, 2.75) is 0 Å². The number of hydrogen-bond acceptors (Lipinski definition) is 2. The van der Waals surface area contributed by atoms with Gasteiger partial charge < -0.3 is 16.0 Å². The minimum atomic E-state index is -0.184. The van der Waals surface area contributed by atoms with Crippen LogP contribution in [0.5, 0.6) is 0 Å². The monoisotopic (exact) mass is 129 g/mol. The van der Waals surface area contributed by atoms with Crippen molar-refractivity contribution >= 4 is 6.03 Å². The highest BCUT2D eigenvalue weighted by molar-refractivity contribution is 5.74. The van der Waals surface area contributed by atoms with Crippen LogP contribution in [0.2, 0.25) is 0 Å². The van der Waals surface area contributed by atoms with Crippen molar-refractivity contribution < 1.29 is 4.79 Å². The predicted molar refractivity (Wildman–Crippen MR) is 35.5 cm³/mol. The molecular formula is C5H11N3O. The van der Waals surface area contributed by atoms with Crippen molar-refractivity contribution in [2.24, 2.45) is 5.73 Å². The Morgan fingerprint density at radius 2 is 2.22 bits per heavy atom. The molecule has 0 aliphatic carbocycles. The van der Waals surface area contributed by atoms with E-state index in [1.807, 2.05) is 0 Å². The van der Waals surface area contributed by atoms with Crippen molar-refractivity contribution in [2.75, 3.05) is 14.1 Å². The third-order valence-corrected chi connectivity index (χ3v) is 0.709. The van der Waals surface area contributed by atoms with Crippen LogP contribution >= 0.6 is 0 Å². The minimum absolute atomic E-state index is 0.184. The molecule has 4 heteroatoms. The second-order valence-electron chi connectivity index (χ2n) is 1.70. The molecule has 0 aliphatic rings. The van der Waals surface area contributed by atoms with E-state index in [0.29, 0.717) is 0 Å². The maximum atomic E-state index is 10.6. The van der Waals surface area contributed by atoms with Gasteiger partial charge in [-0.3, -0.25) is 0 Å². The lowest BCUT2D eigenvalue weighted by molar-refractivity contribution is 0.221. The molecule has 0 saturated heterocycles. The summed E-state index contributed by atoms with van der Waals surface area (Å²) in [5.41, 5.74) is 4.96. The van der Waals surface area contributed by atoms with Crippen molar-refractivity contribution in [3.8, 4) is 0 Å². The molecule has 0 saturated carbocycles. The van der Waals surface area contributed by atoms with Crippen LogP contribution in [0, 0.1) is 0 Å². The highest BCUT2D eigenvalue weighted by atomic mass is 16.2. The molecule has 0 atom stereocenters. The third-order valence-electron chi connectivity index (χ3n) is 0.709. The molecule has 2 amide bonds. The first-order valence-electron chi connectivity index (χ1n) is 2.53. The fraction of sp³-hybridized carbons (Fsp3) is 0.400. The highest BCUT2D eigenvalue weighted by Gasteiger charge is 1.96. The van der Waals surface area contributed by atoms with Crippen molar-refractivity contribution in [3.63, 3.8) is 0 Å². The number of carbonyl (C=O) groups is 1. The van der Waals surface area contributed by atoms with Gasteiger partial charge in [-0.25, -0.2) is 4.79 Å². The fourth-order valence-electron chi connectivity index (χ4n) is 0.249. The molecule has 0 aromatic heterocycles. The van der Waals surface area contributed by atoms with Crippen LogP contribution < -0.4 is 11.1 Å².